The van der Waals surface area contributed by atoms with Gasteiger partial charge in [-0.1, -0.05) is 42.5 Å². The van der Waals surface area contributed by atoms with Crippen molar-refractivity contribution < 1.29 is 14.3 Å². The fourth-order valence-corrected chi connectivity index (χ4v) is 3.85. The van der Waals surface area contributed by atoms with E-state index in [2.05, 4.69) is 5.32 Å². The monoisotopic (exact) mass is 426 g/mol. The predicted octanol–water partition coefficient (Wildman–Crippen LogP) is 5.33. The summed E-state index contributed by atoms with van der Waals surface area (Å²) in [6.45, 7) is 7.89. The van der Waals surface area contributed by atoms with Crippen LogP contribution in [-0.2, 0) is 9.59 Å². The van der Waals surface area contributed by atoms with Crippen LogP contribution in [0, 0.1) is 27.7 Å². The van der Waals surface area contributed by atoms with Crippen molar-refractivity contribution in [3.05, 3.63) is 94.2 Å². The molecule has 0 aromatic heterocycles. The molecular weight excluding hydrogens is 400 g/mol. The largest absolute Gasteiger partial charge is 0.495 e. The number of para-hydroxylation sites is 1. The maximum Gasteiger partial charge on any atom is 0.282 e. The van der Waals surface area contributed by atoms with E-state index < -0.39 is 5.91 Å². The van der Waals surface area contributed by atoms with Gasteiger partial charge in [-0.05, 0) is 73.7 Å². The van der Waals surface area contributed by atoms with Gasteiger partial charge < -0.3 is 10.1 Å². The number of nitrogens with one attached hydrogen (secondary N) is 1. The van der Waals surface area contributed by atoms with E-state index >= 15 is 0 Å². The molecule has 2 amide bonds. The molecule has 0 radical (unpaired) electrons. The summed E-state index contributed by atoms with van der Waals surface area (Å²) in [4.78, 5) is 28.6. The molecule has 1 aliphatic rings. The Morgan fingerprint density at radius 3 is 2.22 bits per heavy atom. The van der Waals surface area contributed by atoms with E-state index in [0.29, 0.717) is 22.6 Å². The number of ether oxygens (including phenoxy) is 1. The molecule has 0 aliphatic carbocycles. The number of nitrogens with zero attached hydrogens (tertiary/aromatic N) is 1. The average molecular weight is 427 g/mol. The van der Waals surface area contributed by atoms with Gasteiger partial charge in [-0.15, -0.1) is 0 Å². The zero-order chi connectivity index (χ0) is 23.0. The second kappa shape index (κ2) is 8.35. The number of methoxy groups -OCH3 is 1. The molecule has 0 saturated heterocycles. The number of hydrogen-bond acceptors (Lipinski definition) is 4. The van der Waals surface area contributed by atoms with Crippen molar-refractivity contribution in [2.45, 2.75) is 27.7 Å². The van der Waals surface area contributed by atoms with Gasteiger partial charge in [0, 0.05) is 5.69 Å². The van der Waals surface area contributed by atoms with Crippen LogP contribution in [0.1, 0.15) is 27.8 Å². The molecule has 0 fully saturated rings. The van der Waals surface area contributed by atoms with Gasteiger partial charge in [-0.25, -0.2) is 4.90 Å². The highest BCUT2D eigenvalue weighted by Gasteiger charge is 2.41. The third-order valence-corrected chi connectivity index (χ3v) is 5.86. The zero-order valence-corrected chi connectivity index (χ0v) is 18.9. The molecule has 32 heavy (non-hydrogen) atoms. The lowest BCUT2D eigenvalue weighted by atomic mass is 9.99. The van der Waals surface area contributed by atoms with Crippen LogP contribution in [0.2, 0.25) is 0 Å². The highest BCUT2D eigenvalue weighted by Crippen LogP contribution is 2.38. The molecule has 3 aromatic carbocycles. The zero-order valence-electron chi connectivity index (χ0n) is 18.9. The van der Waals surface area contributed by atoms with Gasteiger partial charge in [0.2, 0.25) is 0 Å². The van der Waals surface area contributed by atoms with Crippen molar-refractivity contribution in [3.63, 3.8) is 0 Å². The third-order valence-electron chi connectivity index (χ3n) is 5.86. The fraction of sp³-hybridized carbons (Fsp3) is 0.185. The maximum absolute atomic E-state index is 13.7. The lowest BCUT2D eigenvalue weighted by molar-refractivity contribution is -0.120. The van der Waals surface area contributed by atoms with E-state index in [0.717, 1.165) is 27.9 Å². The van der Waals surface area contributed by atoms with E-state index in [1.807, 2.05) is 76.2 Å². The molecule has 0 bridgehead atoms. The van der Waals surface area contributed by atoms with E-state index in [1.54, 1.807) is 12.1 Å². The van der Waals surface area contributed by atoms with Crippen LogP contribution < -0.4 is 15.0 Å². The number of aryl methyl sites for hydroxylation is 4. The lowest BCUT2D eigenvalue weighted by Crippen LogP contribution is -2.32. The van der Waals surface area contributed by atoms with E-state index in [1.165, 1.54) is 12.0 Å². The summed E-state index contributed by atoms with van der Waals surface area (Å²) in [5.74, 6) is -0.317. The van der Waals surface area contributed by atoms with Crippen LogP contribution in [0.25, 0.3) is 5.57 Å². The van der Waals surface area contributed by atoms with Crippen molar-refractivity contribution in [2.75, 3.05) is 17.3 Å². The molecule has 1 N–H and O–H groups in total. The summed E-state index contributed by atoms with van der Waals surface area (Å²) in [7, 11) is 1.53. The normalized spacial score (nSPS) is 13.7. The first kappa shape index (κ1) is 21.4. The molecule has 0 spiro atoms. The summed E-state index contributed by atoms with van der Waals surface area (Å²) in [5, 5.41) is 3.25. The van der Waals surface area contributed by atoms with Crippen molar-refractivity contribution in [1.82, 2.24) is 0 Å². The molecule has 1 aliphatic heterocycles. The number of rotatable bonds is 5. The van der Waals surface area contributed by atoms with Crippen molar-refractivity contribution >= 4 is 28.8 Å². The lowest BCUT2D eigenvalue weighted by Gasteiger charge is -2.19. The number of benzene rings is 3. The number of carbonyl (C=O) groups excluding carboxylic acids is 2. The number of amides is 2. The first-order valence-corrected chi connectivity index (χ1v) is 10.5. The Bertz CT molecular complexity index is 1270. The van der Waals surface area contributed by atoms with Crippen LogP contribution >= 0.6 is 0 Å². The Hall–Kier alpha value is -3.86. The maximum atomic E-state index is 13.7. The summed E-state index contributed by atoms with van der Waals surface area (Å²) >= 11 is 0. The van der Waals surface area contributed by atoms with E-state index in [-0.39, 0.29) is 11.6 Å². The highest BCUT2D eigenvalue weighted by atomic mass is 16.5. The average Bonchev–Trinajstić information content (AvgIpc) is 3.01. The third kappa shape index (κ3) is 3.66. The number of anilines is 2. The number of hydrogen-bond donors (Lipinski definition) is 1. The standard InChI is InChI=1S/C27H26N2O3/c1-16-10-13-23(32-5)22(14-16)29-26(30)24(20-12-11-17(2)19(4)15-20)25(27(29)31)28-21-9-7-6-8-18(21)3/h6-15,28H,1-5H3. The van der Waals surface area contributed by atoms with Gasteiger partial charge in [0.15, 0.2) is 0 Å². The molecular formula is C27H26N2O3. The van der Waals surface area contributed by atoms with E-state index in [4.69, 9.17) is 4.74 Å². The van der Waals surface area contributed by atoms with Crippen LogP contribution in [0.4, 0.5) is 11.4 Å². The summed E-state index contributed by atoms with van der Waals surface area (Å²) in [5.41, 5.74) is 6.61. The fourth-order valence-electron chi connectivity index (χ4n) is 3.85. The predicted molar refractivity (Wildman–Crippen MR) is 128 cm³/mol. The van der Waals surface area contributed by atoms with Gasteiger partial charge in [-0.3, -0.25) is 9.59 Å². The van der Waals surface area contributed by atoms with Gasteiger partial charge in [0.05, 0.1) is 18.4 Å². The first-order valence-electron chi connectivity index (χ1n) is 10.5. The minimum atomic E-state index is -0.407. The van der Waals surface area contributed by atoms with Crippen molar-refractivity contribution in [3.8, 4) is 5.75 Å². The molecule has 162 valence electrons. The Morgan fingerprint density at radius 1 is 0.781 bits per heavy atom. The number of imide groups is 1. The number of carbonyl (C=O) groups is 2. The Kier molecular flexibility index (Phi) is 5.57. The van der Waals surface area contributed by atoms with Gasteiger partial charge in [0.25, 0.3) is 11.8 Å². The smallest absolute Gasteiger partial charge is 0.282 e. The molecule has 5 nitrogen and oxygen atoms in total. The van der Waals surface area contributed by atoms with Crippen molar-refractivity contribution in [1.29, 1.82) is 0 Å². The minimum Gasteiger partial charge on any atom is -0.495 e. The van der Waals surface area contributed by atoms with Crippen LogP contribution in [0.15, 0.2) is 66.4 Å². The summed E-state index contributed by atoms with van der Waals surface area (Å²) in [6, 6.07) is 18.9. The van der Waals surface area contributed by atoms with Gasteiger partial charge in [-0.2, -0.15) is 0 Å². The van der Waals surface area contributed by atoms with Crippen LogP contribution in [0.5, 0.6) is 5.75 Å². The summed E-state index contributed by atoms with van der Waals surface area (Å²) < 4.78 is 5.47. The second-order valence-electron chi connectivity index (χ2n) is 8.11. The SMILES string of the molecule is COc1ccc(C)cc1N1C(=O)C(Nc2ccccc2C)=C(c2ccc(C)c(C)c2)C1=O. The molecule has 3 aromatic rings. The van der Waals surface area contributed by atoms with Crippen LogP contribution in [0.3, 0.4) is 0 Å². The first-order chi connectivity index (χ1) is 15.3. The Morgan fingerprint density at radius 2 is 1.53 bits per heavy atom. The Balaban J connectivity index is 1.90. The molecule has 5 heteroatoms. The topological polar surface area (TPSA) is 58.6 Å². The summed E-state index contributed by atoms with van der Waals surface area (Å²) in [6.07, 6.45) is 0. The van der Waals surface area contributed by atoms with Gasteiger partial charge >= 0.3 is 0 Å². The van der Waals surface area contributed by atoms with E-state index in [9.17, 15) is 9.59 Å². The minimum absolute atomic E-state index is 0.260. The molecule has 4 rings (SSSR count). The second-order valence-corrected chi connectivity index (χ2v) is 8.11. The van der Waals surface area contributed by atoms with Crippen LogP contribution in [-0.4, -0.2) is 18.9 Å². The molecule has 0 atom stereocenters. The molecule has 0 saturated carbocycles. The highest BCUT2D eigenvalue weighted by molar-refractivity contribution is 6.46. The quantitative estimate of drug-likeness (QED) is 0.561. The van der Waals surface area contributed by atoms with Crippen molar-refractivity contribution in [2.24, 2.45) is 0 Å². The molecule has 0 unspecified atom stereocenters. The Labute approximate surface area is 188 Å². The van der Waals surface area contributed by atoms with Gasteiger partial charge in [0.1, 0.15) is 11.4 Å². The molecule has 1 heterocycles.